The zero-order valence-corrected chi connectivity index (χ0v) is 12.1. The first-order chi connectivity index (χ1) is 10.0. The van der Waals surface area contributed by atoms with Gasteiger partial charge in [0.25, 0.3) is 5.56 Å². The van der Waals surface area contributed by atoms with Crippen molar-refractivity contribution in [2.75, 3.05) is 11.9 Å². The lowest BCUT2D eigenvalue weighted by atomic mass is 9.95. The van der Waals surface area contributed by atoms with E-state index in [0.29, 0.717) is 17.9 Å². The number of benzene rings is 1. The summed E-state index contributed by atoms with van der Waals surface area (Å²) < 4.78 is 0. The van der Waals surface area contributed by atoms with Crippen LogP contribution in [0.3, 0.4) is 0 Å². The van der Waals surface area contributed by atoms with Crippen LogP contribution in [-0.4, -0.2) is 22.6 Å². The minimum atomic E-state index is -0.203. The minimum absolute atomic E-state index is 0.0738. The molecule has 21 heavy (non-hydrogen) atoms. The maximum atomic E-state index is 12.1. The van der Waals surface area contributed by atoms with Crippen molar-refractivity contribution in [1.29, 1.82) is 0 Å². The number of hydrogen-bond acceptors (Lipinski definition) is 3. The van der Waals surface area contributed by atoms with Crippen molar-refractivity contribution in [2.24, 2.45) is 17.6 Å². The molecular formula is C15H20N4O2. The predicted octanol–water partition coefficient (Wildman–Crippen LogP) is 1.54. The predicted molar refractivity (Wildman–Crippen MR) is 82.9 cm³/mol. The minimum Gasteiger partial charge on any atom is -0.330 e. The van der Waals surface area contributed by atoms with Crippen LogP contribution < -0.4 is 16.6 Å². The highest BCUT2D eigenvalue weighted by molar-refractivity contribution is 5.93. The molecule has 1 unspecified atom stereocenters. The van der Waals surface area contributed by atoms with Crippen LogP contribution in [0, 0.1) is 11.8 Å². The standard InChI is InChI=1S/C15H20N4O2/c1-9(2)12(8-16)15(21)17-11-5-3-10(4-6-11)13-7-14(20)19-18-13/h3-7,9,12H,8,16H2,1-2H3,(H,17,21)(H2,18,19,20). The van der Waals surface area contributed by atoms with Crippen LogP contribution in [0.4, 0.5) is 5.69 Å². The molecule has 1 heterocycles. The van der Waals surface area contributed by atoms with Crippen LogP contribution in [0.2, 0.25) is 0 Å². The van der Waals surface area contributed by atoms with E-state index in [2.05, 4.69) is 15.5 Å². The lowest BCUT2D eigenvalue weighted by Crippen LogP contribution is -2.33. The average molecular weight is 288 g/mol. The Morgan fingerprint density at radius 1 is 1.24 bits per heavy atom. The summed E-state index contributed by atoms with van der Waals surface area (Å²) in [6.45, 7) is 4.27. The number of amides is 1. The molecule has 0 aliphatic heterocycles. The number of carbonyl (C=O) groups is 1. The number of nitrogens with one attached hydrogen (secondary N) is 3. The van der Waals surface area contributed by atoms with E-state index < -0.39 is 0 Å². The molecule has 2 aromatic rings. The van der Waals surface area contributed by atoms with Crippen molar-refractivity contribution in [1.82, 2.24) is 10.2 Å². The van der Waals surface area contributed by atoms with Crippen molar-refractivity contribution < 1.29 is 4.79 Å². The number of rotatable bonds is 5. The van der Waals surface area contributed by atoms with Gasteiger partial charge in [0.05, 0.1) is 11.6 Å². The van der Waals surface area contributed by atoms with Crippen LogP contribution in [0.25, 0.3) is 11.3 Å². The lowest BCUT2D eigenvalue weighted by molar-refractivity contribution is -0.120. The third kappa shape index (κ3) is 3.61. The molecule has 0 bridgehead atoms. The summed E-state index contributed by atoms with van der Waals surface area (Å²) in [5.74, 6) is -0.0831. The van der Waals surface area contributed by atoms with Crippen LogP contribution in [0.5, 0.6) is 0 Å². The molecule has 112 valence electrons. The van der Waals surface area contributed by atoms with Crippen molar-refractivity contribution in [3.63, 3.8) is 0 Å². The van der Waals surface area contributed by atoms with Crippen molar-refractivity contribution in [3.05, 3.63) is 40.7 Å². The van der Waals surface area contributed by atoms with Crippen molar-refractivity contribution >= 4 is 11.6 Å². The monoisotopic (exact) mass is 288 g/mol. The van der Waals surface area contributed by atoms with Crippen LogP contribution in [0.1, 0.15) is 13.8 Å². The zero-order valence-electron chi connectivity index (χ0n) is 12.1. The molecule has 1 atom stereocenters. The second-order valence-electron chi connectivity index (χ2n) is 5.33. The van der Waals surface area contributed by atoms with Crippen LogP contribution >= 0.6 is 0 Å². The molecule has 6 nitrogen and oxygen atoms in total. The third-order valence-corrected chi connectivity index (χ3v) is 3.45. The average Bonchev–Trinajstić information content (AvgIpc) is 2.86. The van der Waals surface area contributed by atoms with E-state index in [1.54, 1.807) is 12.1 Å². The van der Waals surface area contributed by atoms with Gasteiger partial charge in [-0.1, -0.05) is 26.0 Å². The van der Waals surface area contributed by atoms with Gasteiger partial charge in [0, 0.05) is 18.3 Å². The molecule has 1 aromatic heterocycles. The Morgan fingerprint density at radius 2 is 1.90 bits per heavy atom. The Labute approximate surface area is 122 Å². The Bertz CT molecular complexity index is 655. The smallest absolute Gasteiger partial charge is 0.264 e. The first-order valence-electron chi connectivity index (χ1n) is 6.90. The molecule has 6 heteroatoms. The summed E-state index contributed by atoms with van der Waals surface area (Å²) in [4.78, 5) is 23.2. The Morgan fingerprint density at radius 3 is 2.38 bits per heavy atom. The molecule has 0 saturated carbocycles. The highest BCUT2D eigenvalue weighted by Gasteiger charge is 2.20. The number of nitrogens with two attached hydrogens (primary N) is 1. The fourth-order valence-electron chi connectivity index (χ4n) is 2.14. The van der Waals surface area contributed by atoms with Gasteiger partial charge in [0.15, 0.2) is 0 Å². The molecule has 1 aromatic carbocycles. The van der Waals surface area contributed by atoms with E-state index in [0.717, 1.165) is 5.56 Å². The normalized spacial score (nSPS) is 12.4. The number of carbonyl (C=O) groups excluding carboxylic acids is 1. The highest BCUT2D eigenvalue weighted by atomic mass is 16.2. The van der Waals surface area contributed by atoms with Gasteiger partial charge in [-0.3, -0.25) is 19.8 Å². The second-order valence-corrected chi connectivity index (χ2v) is 5.33. The first-order valence-corrected chi connectivity index (χ1v) is 6.90. The maximum absolute atomic E-state index is 12.1. The van der Waals surface area contributed by atoms with E-state index in [9.17, 15) is 9.59 Å². The van der Waals surface area contributed by atoms with Gasteiger partial charge in [-0.25, -0.2) is 0 Å². The van der Waals surface area contributed by atoms with E-state index in [1.807, 2.05) is 26.0 Å². The first kappa shape index (κ1) is 15.1. The number of H-pyrrole nitrogens is 2. The third-order valence-electron chi connectivity index (χ3n) is 3.45. The van der Waals surface area contributed by atoms with Gasteiger partial charge >= 0.3 is 0 Å². The van der Waals surface area contributed by atoms with Gasteiger partial charge in [-0.15, -0.1) is 0 Å². The molecule has 0 radical (unpaired) electrons. The van der Waals surface area contributed by atoms with E-state index in [4.69, 9.17) is 5.73 Å². The van der Waals surface area contributed by atoms with Crippen molar-refractivity contribution in [3.8, 4) is 11.3 Å². The number of anilines is 1. The fourth-order valence-corrected chi connectivity index (χ4v) is 2.14. The van der Waals surface area contributed by atoms with E-state index in [1.165, 1.54) is 6.07 Å². The summed E-state index contributed by atoms with van der Waals surface area (Å²) in [6, 6.07) is 8.75. The SMILES string of the molecule is CC(C)C(CN)C(=O)Nc1ccc(-c2cc(=O)[nH][nH]2)cc1. The zero-order chi connectivity index (χ0) is 15.4. The highest BCUT2D eigenvalue weighted by Crippen LogP contribution is 2.19. The van der Waals surface area contributed by atoms with Gasteiger partial charge in [0.2, 0.25) is 5.91 Å². The molecule has 1 amide bonds. The molecule has 5 N–H and O–H groups in total. The molecule has 0 fully saturated rings. The van der Waals surface area contributed by atoms with Gasteiger partial charge in [0.1, 0.15) is 0 Å². The molecule has 0 spiro atoms. The number of aromatic nitrogens is 2. The number of aromatic amines is 2. The van der Waals surface area contributed by atoms with E-state index in [-0.39, 0.29) is 23.3 Å². The Kier molecular flexibility index (Phi) is 4.59. The van der Waals surface area contributed by atoms with Crippen molar-refractivity contribution in [2.45, 2.75) is 13.8 Å². The molecular weight excluding hydrogens is 268 g/mol. The van der Waals surface area contributed by atoms with Crippen LogP contribution in [0.15, 0.2) is 35.1 Å². The summed E-state index contributed by atoms with van der Waals surface area (Å²) in [5.41, 5.74) is 7.74. The lowest BCUT2D eigenvalue weighted by Gasteiger charge is -2.18. The molecule has 0 aliphatic carbocycles. The molecule has 0 aliphatic rings. The molecule has 0 saturated heterocycles. The maximum Gasteiger partial charge on any atom is 0.264 e. The summed E-state index contributed by atoms with van der Waals surface area (Å²) >= 11 is 0. The topological polar surface area (TPSA) is 104 Å². The van der Waals surface area contributed by atoms with Gasteiger partial charge < -0.3 is 11.1 Å². The Balaban J connectivity index is 2.09. The largest absolute Gasteiger partial charge is 0.330 e. The fraction of sp³-hybridized carbons (Fsp3) is 0.333. The second kappa shape index (κ2) is 6.41. The Hall–Kier alpha value is -2.34. The number of hydrogen-bond donors (Lipinski definition) is 4. The summed E-state index contributed by atoms with van der Waals surface area (Å²) in [6.07, 6.45) is 0. The summed E-state index contributed by atoms with van der Waals surface area (Å²) in [7, 11) is 0. The van der Waals surface area contributed by atoms with Gasteiger partial charge in [-0.05, 0) is 23.6 Å². The summed E-state index contributed by atoms with van der Waals surface area (Å²) in [5, 5.41) is 8.13. The molecule has 2 rings (SSSR count). The quantitative estimate of drug-likeness (QED) is 0.670. The van der Waals surface area contributed by atoms with E-state index >= 15 is 0 Å². The van der Waals surface area contributed by atoms with Gasteiger partial charge in [-0.2, -0.15) is 0 Å². The van der Waals surface area contributed by atoms with Crippen LogP contribution in [-0.2, 0) is 4.79 Å².